The van der Waals surface area contributed by atoms with Crippen molar-refractivity contribution < 1.29 is 77.5 Å². The van der Waals surface area contributed by atoms with Gasteiger partial charge in [0, 0.05) is 181 Å². The summed E-state index contributed by atoms with van der Waals surface area (Å²) in [6, 6.07) is 39.8. The zero-order chi connectivity index (χ0) is 61.5. The molecule has 0 aromatic heterocycles. The van der Waals surface area contributed by atoms with Gasteiger partial charge in [-0.1, -0.05) is 60.1 Å². The van der Waals surface area contributed by atoms with Gasteiger partial charge in [-0.05, 0) is 127 Å². The summed E-state index contributed by atoms with van der Waals surface area (Å²) in [6.07, 6.45) is 5.59. The molecule has 4 aliphatic heterocycles. The predicted molar refractivity (Wildman–Crippen MR) is 348 cm³/mol. The molecular weight excluding hydrogens is 1250 g/mol. The van der Waals surface area contributed by atoms with Crippen LogP contribution in [0.15, 0.2) is 131 Å². The topological polar surface area (TPSA) is 246 Å². The van der Waals surface area contributed by atoms with Crippen molar-refractivity contribution in [3.8, 4) is 0 Å². The molecule has 10 rings (SSSR count). The summed E-state index contributed by atoms with van der Waals surface area (Å²) in [5.41, 5.74) is 8.97. The molecule has 9 N–H and O–H groups in total. The first kappa shape index (κ1) is 73.4. The number of hydrogen-bond donors (Lipinski definition) is 5. The Morgan fingerprint density at radius 3 is 2.17 bits per heavy atom. The molecule has 25 heteroatoms. The number of thioether (sulfide) groups is 1. The number of carbonyl (C=O) groups is 3. The molecule has 485 valence electrons. The summed E-state index contributed by atoms with van der Waals surface area (Å²) in [6.45, 7) is 12.7. The number of halogens is 4. The number of allylic oxidation sites excluding steroid dienone is 1. The van der Waals surface area contributed by atoms with Gasteiger partial charge >= 0.3 is 0 Å². The van der Waals surface area contributed by atoms with E-state index in [1.807, 2.05) is 61.6 Å². The van der Waals surface area contributed by atoms with Gasteiger partial charge < -0.3 is 59.6 Å². The first-order chi connectivity index (χ1) is 41.9. The van der Waals surface area contributed by atoms with E-state index >= 15 is 0 Å². The monoisotopic (exact) mass is 1330 g/mol. The second kappa shape index (κ2) is 34.8. The SMILES string of the molecule is CNc1cc(N2CCN(C[C@]3(C)CCC(c4ccc(Cl)cc4)=C(CN4CCN(c5ccc(C(=O)NS(=O)(=O)c6c[c-]c(N[C@H](CCN7CCCOCC7)CSc7ccccc7)cc6)cc5)CC4)C3)CC2)ccc1C(=N)[C@H]1CCC(=O)NC1=O.F[C-](F)F.O.O.[Sc]. The molecule has 4 heterocycles. The summed E-state index contributed by atoms with van der Waals surface area (Å²) in [5.74, 6) is -1.19. The molecule has 1 aliphatic carbocycles. The van der Waals surface area contributed by atoms with E-state index in [1.165, 1.54) is 33.7 Å². The number of piperazine rings is 2. The van der Waals surface area contributed by atoms with Crippen molar-refractivity contribution in [2.24, 2.45) is 11.3 Å². The third kappa shape index (κ3) is 20.7. The van der Waals surface area contributed by atoms with E-state index in [2.05, 4.69) is 88.5 Å². The van der Waals surface area contributed by atoms with Crippen LogP contribution in [0.25, 0.3) is 5.57 Å². The van der Waals surface area contributed by atoms with Crippen molar-refractivity contribution in [1.29, 1.82) is 5.41 Å². The molecule has 4 saturated heterocycles. The number of ether oxygens (including phenoxy) is 1. The number of rotatable bonds is 21. The Bertz CT molecular complexity index is 3290. The van der Waals surface area contributed by atoms with Crippen LogP contribution in [0, 0.1) is 29.5 Å². The molecule has 90 heavy (non-hydrogen) atoms. The molecule has 5 aromatic rings. The fraction of sp³-hybridized carbons (Fsp3) is 0.431. The number of amides is 3. The van der Waals surface area contributed by atoms with Crippen LogP contribution in [-0.4, -0.2) is 175 Å². The van der Waals surface area contributed by atoms with Crippen LogP contribution in [0.2, 0.25) is 5.02 Å². The van der Waals surface area contributed by atoms with E-state index in [1.54, 1.807) is 30.0 Å². The summed E-state index contributed by atoms with van der Waals surface area (Å²) >= 11 is 8.18. The van der Waals surface area contributed by atoms with Crippen molar-refractivity contribution in [3.05, 3.63) is 155 Å². The van der Waals surface area contributed by atoms with Gasteiger partial charge in [0.15, 0.2) is 6.68 Å². The molecular formula is C65H82ClF3N10O8S2Sc-2. The smallest absolute Gasteiger partial charge is 0.264 e. The van der Waals surface area contributed by atoms with Crippen LogP contribution in [0.1, 0.15) is 73.4 Å². The third-order valence-corrected chi connectivity index (χ3v) is 19.8. The van der Waals surface area contributed by atoms with Gasteiger partial charge in [0.1, 0.15) is 0 Å². The van der Waals surface area contributed by atoms with Crippen LogP contribution < -0.4 is 30.5 Å². The van der Waals surface area contributed by atoms with Gasteiger partial charge in [0.05, 0.1) is 18.2 Å². The van der Waals surface area contributed by atoms with Gasteiger partial charge in [0.2, 0.25) is 21.8 Å². The van der Waals surface area contributed by atoms with Gasteiger partial charge in [-0.3, -0.25) is 34.2 Å². The zero-order valence-corrected chi connectivity index (χ0v) is 55.2. The molecule has 3 atom stereocenters. The van der Waals surface area contributed by atoms with Crippen LogP contribution in [-0.2, 0) is 50.2 Å². The van der Waals surface area contributed by atoms with Crippen molar-refractivity contribution in [2.75, 3.05) is 132 Å². The van der Waals surface area contributed by atoms with E-state index in [0.29, 0.717) is 17.7 Å². The number of piperidine rings is 1. The van der Waals surface area contributed by atoms with Crippen molar-refractivity contribution in [3.63, 3.8) is 0 Å². The van der Waals surface area contributed by atoms with Crippen LogP contribution in [0.4, 0.5) is 35.9 Å². The number of sulfonamides is 1. The Hall–Kier alpha value is -5.67. The first-order valence-electron chi connectivity index (χ1n) is 29.8. The van der Waals surface area contributed by atoms with Crippen molar-refractivity contribution in [2.45, 2.75) is 67.7 Å². The Balaban J connectivity index is 0.00000179. The maximum absolute atomic E-state index is 13.5. The number of benzene rings is 5. The van der Waals surface area contributed by atoms with Crippen LogP contribution in [0.3, 0.4) is 0 Å². The van der Waals surface area contributed by atoms with E-state index in [-0.39, 0.29) is 76.8 Å². The molecule has 5 aromatic carbocycles. The van der Waals surface area contributed by atoms with Gasteiger partial charge in [-0.2, -0.15) is 18.2 Å². The summed E-state index contributed by atoms with van der Waals surface area (Å²) < 4.78 is 63.8. The number of hydrogen-bond acceptors (Lipinski definition) is 15. The Morgan fingerprint density at radius 1 is 0.844 bits per heavy atom. The second-order valence-electron chi connectivity index (χ2n) is 23.2. The minimum absolute atomic E-state index is 0. The van der Waals surface area contributed by atoms with E-state index in [4.69, 9.17) is 21.7 Å². The summed E-state index contributed by atoms with van der Waals surface area (Å²) in [5, 5.41) is 18.8. The van der Waals surface area contributed by atoms with Crippen LogP contribution >= 0.6 is 23.4 Å². The van der Waals surface area contributed by atoms with E-state index in [9.17, 15) is 36.0 Å². The number of nitrogens with zero attached hydrogens (tertiary/aromatic N) is 5. The standard InChI is InChI=1S/C64H78ClN10O6S2.CF3.2H2O.Sc/c1-64(45-73-32-36-75(37-33-73)53-19-22-57(59(41-53)67-2)61(66)58-23-24-60(76)69-63(58)78)27-25-56(46-9-13-49(65)14-10-46)48(42-64)43-72-30-34-74(35-31-72)52-17-11-47(12-18-52)62(77)70-83(79,80)55-20-15-50(16-21-55)68-51(44-82-54-7-4-3-5-8-54)26-29-71-28-6-39-81-40-38-71;2-1(3)4;;;/h3-5,7-15,17-22,41,51,58,66-68H,6,23-40,42-45H2,1-2H3,(H,70,77)(H,69,76,78);;2*1H2;/q2*-1;;;/t51-,58-,64-;;;;/m1..../s1. The predicted octanol–water partition coefficient (Wildman–Crippen LogP) is 8.68. The maximum atomic E-state index is 13.5. The Kier molecular flexibility index (Phi) is 28.4. The van der Waals surface area contributed by atoms with Crippen molar-refractivity contribution in [1.82, 2.24) is 24.7 Å². The fourth-order valence-electron chi connectivity index (χ4n) is 12.3. The molecule has 3 amide bonds. The zero-order valence-electron chi connectivity index (χ0n) is 51.0. The molecule has 5 aliphatic rings. The molecule has 4 fully saturated rings. The molecule has 0 unspecified atom stereocenters. The van der Waals surface area contributed by atoms with E-state index in [0.717, 1.165) is 158 Å². The fourth-order valence-corrected chi connectivity index (χ4v) is 14.3. The Labute approximate surface area is 555 Å². The Morgan fingerprint density at radius 2 is 1.51 bits per heavy atom. The normalized spacial score (nSPS) is 19.8. The quantitative estimate of drug-likeness (QED) is 0.0200. The molecule has 1 radical (unpaired) electrons. The number of anilines is 4. The molecule has 0 saturated carbocycles. The van der Waals surface area contributed by atoms with E-state index < -0.39 is 34.4 Å². The largest absolute Gasteiger partial charge is 0.412 e. The number of carbonyl (C=O) groups excluding carboxylic acids is 3. The molecule has 0 bridgehead atoms. The van der Waals surface area contributed by atoms with Crippen molar-refractivity contribution >= 4 is 85.1 Å². The van der Waals surface area contributed by atoms with Crippen LogP contribution in [0.5, 0.6) is 0 Å². The minimum atomic E-state index is -4.17. The van der Waals surface area contributed by atoms with Gasteiger partial charge in [-0.25, -0.2) is 8.42 Å². The number of imide groups is 1. The maximum Gasteiger partial charge on any atom is 0.264 e. The molecule has 18 nitrogen and oxygen atoms in total. The van der Waals surface area contributed by atoms with Gasteiger partial charge in [-0.15, -0.1) is 17.8 Å². The first-order valence-corrected chi connectivity index (χ1v) is 32.7. The third-order valence-electron chi connectivity index (χ3n) is 17.0. The van der Waals surface area contributed by atoms with Gasteiger partial charge in [0.25, 0.3) is 5.91 Å². The average Bonchev–Trinajstić information content (AvgIpc) is 0.959. The number of nitrogens with one attached hydrogen (secondary N) is 5. The minimum Gasteiger partial charge on any atom is -0.412 e. The summed E-state index contributed by atoms with van der Waals surface area (Å²) in [7, 11) is -2.33. The second-order valence-corrected chi connectivity index (χ2v) is 26.4. The summed E-state index contributed by atoms with van der Waals surface area (Å²) in [4.78, 5) is 51.3. The average molecular weight is 1330 g/mol. The molecule has 0 spiro atoms.